The predicted octanol–water partition coefficient (Wildman–Crippen LogP) is 2.06. The topological polar surface area (TPSA) is 90.9 Å². The summed E-state index contributed by atoms with van der Waals surface area (Å²) in [7, 11) is 1.57. The highest BCUT2D eigenvalue weighted by Gasteiger charge is 2.13. The lowest BCUT2D eigenvalue weighted by Crippen LogP contribution is -2.03. The molecule has 3 aromatic rings. The van der Waals surface area contributed by atoms with E-state index in [1.54, 1.807) is 13.4 Å². The average molecular weight is 298 g/mol. The third kappa shape index (κ3) is 2.58. The van der Waals surface area contributed by atoms with E-state index in [2.05, 4.69) is 20.3 Å². The second-order valence-corrected chi connectivity index (χ2v) is 4.79. The fourth-order valence-electron chi connectivity index (χ4n) is 2.25. The van der Waals surface area contributed by atoms with Crippen molar-refractivity contribution in [3.63, 3.8) is 0 Å². The zero-order valence-corrected chi connectivity index (χ0v) is 12.6. The van der Waals surface area contributed by atoms with Gasteiger partial charge >= 0.3 is 0 Å². The number of benzene rings is 1. The van der Waals surface area contributed by atoms with Crippen molar-refractivity contribution >= 4 is 22.8 Å². The van der Waals surface area contributed by atoms with Crippen molar-refractivity contribution in [3.8, 4) is 5.88 Å². The summed E-state index contributed by atoms with van der Waals surface area (Å²) in [6, 6.07) is 7.83. The van der Waals surface area contributed by atoms with Gasteiger partial charge in [0.25, 0.3) is 0 Å². The molecule has 0 unspecified atom stereocenters. The smallest absolute Gasteiger partial charge is 0.246 e. The number of rotatable bonds is 5. The first kappa shape index (κ1) is 14.3. The van der Waals surface area contributed by atoms with Gasteiger partial charge in [0, 0.05) is 18.8 Å². The van der Waals surface area contributed by atoms with Gasteiger partial charge in [-0.1, -0.05) is 12.1 Å². The molecule has 0 aliphatic rings. The van der Waals surface area contributed by atoms with Gasteiger partial charge in [0.2, 0.25) is 11.8 Å². The largest absolute Gasteiger partial charge is 0.479 e. The number of hydrogen-bond acceptors (Lipinski definition) is 6. The highest BCUT2D eigenvalue weighted by molar-refractivity contribution is 5.78. The minimum atomic E-state index is 0.453. The summed E-state index contributed by atoms with van der Waals surface area (Å²) in [5.74, 6) is 0.920. The standard InChI is InChI=1S/C15H18N6O/c1-3-21-9-17-12-13(21)19-15(20-14(12)22-2)18-11-6-4-5-10(7-11)8-16/h4-7,9H,3,8,16H2,1-2H3,(H,18,19,20). The maximum absolute atomic E-state index is 5.67. The molecular weight excluding hydrogens is 280 g/mol. The highest BCUT2D eigenvalue weighted by Crippen LogP contribution is 2.24. The summed E-state index contributed by atoms with van der Waals surface area (Å²) in [6.45, 7) is 3.30. The van der Waals surface area contributed by atoms with Gasteiger partial charge in [-0.15, -0.1) is 0 Å². The van der Waals surface area contributed by atoms with Crippen LogP contribution >= 0.6 is 0 Å². The molecule has 114 valence electrons. The maximum atomic E-state index is 5.67. The molecule has 7 nitrogen and oxygen atoms in total. The number of aromatic nitrogens is 4. The van der Waals surface area contributed by atoms with Crippen LogP contribution in [0, 0.1) is 0 Å². The Labute approximate surface area is 128 Å². The number of ether oxygens (including phenoxy) is 1. The predicted molar refractivity (Wildman–Crippen MR) is 85.2 cm³/mol. The molecule has 0 aliphatic heterocycles. The number of nitrogens with zero attached hydrogens (tertiary/aromatic N) is 4. The highest BCUT2D eigenvalue weighted by atomic mass is 16.5. The van der Waals surface area contributed by atoms with E-state index in [0.717, 1.165) is 23.4 Å². The minimum Gasteiger partial charge on any atom is -0.479 e. The second-order valence-electron chi connectivity index (χ2n) is 4.79. The zero-order chi connectivity index (χ0) is 15.5. The number of anilines is 2. The van der Waals surface area contributed by atoms with Crippen LogP contribution in [0.2, 0.25) is 0 Å². The first-order valence-corrected chi connectivity index (χ1v) is 7.08. The van der Waals surface area contributed by atoms with Crippen LogP contribution in [0.15, 0.2) is 30.6 Å². The average Bonchev–Trinajstić information content (AvgIpc) is 2.97. The van der Waals surface area contributed by atoms with Gasteiger partial charge in [0.15, 0.2) is 11.2 Å². The molecule has 22 heavy (non-hydrogen) atoms. The molecule has 2 aromatic heterocycles. The zero-order valence-electron chi connectivity index (χ0n) is 12.6. The van der Waals surface area contributed by atoms with Gasteiger partial charge in [-0.2, -0.15) is 9.97 Å². The lowest BCUT2D eigenvalue weighted by molar-refractivity contribution is 0.402. The molecule has 1 aromatic carbocycles. The van der Waals surface area contributed by atoms with E-state index in [9.17, 15) is 0 Å². The van der Waals surface area contributed by atoms with E-state index in [0.29, 0.717) is 23.9 Å². The minimum absolute atomic E-state index is 0.453. The molecule has 3 rings (SSSR count). The van der Waals surface area contributed by atoms with E-state index >= 15 is 0 Å². The van der Waals surface area contributed by atoms with Crippen LogP contribution in [0.4, 0.5) is 11.6 Å². The SMILES string of the molecule is CCn1cnc2c(OC)nc(Nc3cccc(CN)c3)nc21. The molecule has 0 atom stereocenters. The van der Waals surface area contributed by atoms with Crippen LogP contribution in [-0.4, -0.2) is 26.6 Å². The Morgan fingerprint density at radius 3 is 2.91 bits per heavy atom. The molecule has 0 spiro atoms. The van der Waals surface area contributed by atoms with Gasteiger partial charge < -0.3 is 20.4 Å². The molecule has 2 heterocycles. The van der Waals surface area contributed by atoms with Crippen LogP contribution in [0.25, 0.3) is 11.2 Å². The maximum Gasteiger partial charge on any atom is 0.246 e. The summed E-state index contributed by atoms with van der Waals surface area (Å²) in [5, 5.41) is 3.19. The normalized spacial score (nSPS) is 10.9. The lowest BCUT2D eigenvalue weighted by Gasteiger charge is -2.09. The molecule has 0 aliphatic carbocycles. The molecule has 0 saturated heterocycles. The third-order valence-corrected chi connectivity index (χ3v) is 3.38. The van der Waals surface area contributed by atoms with Crippen LogP contribution in [-0.2, 0) is 13.1 Å². The van der Waals surface area contributed by atoms with Gasteiger partial charge in [0.1, 0.15) is 0 Å². The van der Waals surface area contributed by atoms with Crippen molar-refractivity contribution in [2.75, 3.05) is 12.4 Å². The molecule has 3 N–H and O–H groups in total. The summed E-state index contributed by atoms with van der Waals surface area (Å²) in [5.41, 5.74) is 8.99. The Morgan fingerprint density at radius 2 is 2.18 bits per heavy atom. The van der Waals surface area contributed by atoms with E-state index in [1.165, 1.54) is 0 Å². The van der Waals surface area contributed by atoms with Crippen molar-refractivity contribution in [3.05, 3.63) is 36.2 Å². The van der Waals surface area contributed by atoms with Crippen molar-refractivity contribution in [1.29, 1.82) is 0 Å². The van der Waals surface area contributed by atoms with Crippen molar-refractivity contribution in [2.45, 2.75) is 20.0 Å². The Kier molecular flexibility index (Phi) is 3.88. The quantitative estimate of drug-likeness (QED) is 0.749. The first-order valence-electron chi connectivity index (χ1n) is 7.08. The number of nitrogens with two attached hydrogens (primary N) is 1. The van der Waals surface area contributed by atoms with Crippen molar-refractivity contribution < 1.29 is 4.74 Å². The van der Waals surface area contributed by atoms with E-state index in [-0.39, 0.29) is 0 Å². The molecule has 0 amide bonds. The van der Waals surface area contributed by atoms with E-state index in [4.69, 9.17) is 10.5 Å². The summed E-state index contributed by atoms with van der Waals surface area (Å²) < 4.78 is 7.27. The Morgan fingerprint density at radius 1 is 1.32 bits per heavy atom. The number of imidazole rings is 1. The molecular formula is C15H18N6O. The first-order chi connectivity index (χ1) is 10.7. The van der Waals surface area contributed by atoms with Crippen LogP contribution < -0.4 is 15.8 Å². The Bertz CT molecular complexity index is 798. The van der Waals surface area contributed by atoms with Gasteiger partial charge in [-0.05, 0) is 24.6 Å². The van der Waals surface area contributed by atoms with E-state index < -0.39 is 0 Å². The summed E-state index contributed by atoms with van der Waals surface area (Å²) in [4.78, 5) is 13.2. The molecule has 0 saturated carbocycles. The number of nitrogens with one attached hydrogen (secondary N) is 1. The Hall–Kier alpha value is -2.67. The molecule has 0 fully saturated rings. The fraction of sp³-hybridized carbons (Fsp3) is 0.267. The summed E-state index contributed by atoms with van der Waals surface area (Å²) in [6.07, 6.45) is 1.74. The fourth-order valence-corrected chi connectivity index (χ4v) is 2.25. The van der Waals surface area contributed by atoms with Crippen molar-refractivity contribution in [2.24, 2.45) is 5.73 Å². The van der Waals surface area contributed by atoms with Crippen LogP contribution in [0.3, 0.4) is 0 Å². The molecule has 0 radical (unpaired) electrons. The molecule has 7 heteroatoms. The summed E-state index contributed by atoms with van der Waals surface area (Å²) >= 11 is 0. The van der Waals surface area contributed by atoms with Gasteiger partial charge in [-0.25, -0.2) is 4.98 Å². The Balaban J connectivity index is 2.02. The van der Waals surface area contributed by atoms with Crippen LogP contribution in [0.5, 0.6) is 5.88 Å². The third-order valence-electron chi connectivity index (χ3n) is 3.38. The van der Waals surface area contributed by atoms with Gasteiger partial charge in [0.05, 0.1) is 13.4 Å². The van der Waals surface area contributed by atoms with Crippen LogP contribution in [0.1, 0.15) is 12.5 Å². The van der Waals surface area contributed by atoms with Crippen molar-refractivity contribution in [1.82, 2.24) is 19.5 Å². The number of aryl methyl sites for hydroxylation is 1. The number of fused-ring (bicyclic) bond motifs is 1. The molecule has 0 bridgehead atoms. The van der Waals surface area contributed by atoms with Gasteiger partial charge in [-0.3, -0.25) is 0 Å². The lowest BCUT2D eigenvalue weighted by atomic mass is 10.2. The number of methoxy groups -OCH3 is 1. The van der Waals surface area contributed by atoms with E-state index in [1.807, 2.05) is 35.8 Å². The number of hydrogen-bond donors (Lipinski definition) is 2. The second kappa shape index (κ2) is 5.98. The monoisotopic (exact) mass is 298 g/mol.